The summed E-state index contributed by atoms with van der Waals surface area (Å²) in [5, 5.41) is 12.1. The summed E-state index contributed by atoms with van der Waals surface area (Å²) in [7, 11) is 0. The summed E-state index contributed by atoms with van der Waals surface area (Å²) in [5.41, 5.74) is 0. The number of carbonyl (C=O) groups is 2. The summed E-state index contributed by atoms with van der Waals surface area (Å²) in [4.78, 5) is 22.3. The van der Waals surface area contributed by atoms with Crippen molar-refractivity contribution in [2.24, 2.45) is 5.92 Å². The van der Waals surface area contributed by atoms with E-state index in [1.165, 1.54) is 6.92 Å². The van der Waals surface area contributed by atoms with E-state index in [2.05, 4.69) is 5.32 Å². The molecule has 0 aromatic heterocycles. The van der Waals surface area contributed by atoms with Gasteiger partial charge in [0.25, 0.3) is 0 Å². The molecule has 0 saturated heterocycles. The Morgan fingerprint density at radius 1 is 1.25 bits per heavy atom. The molecule has 2 N–H and O–H groups in total. The highest BCUT2D eigenvalue weighted by Crippen LogP contribution is 2.23. The zero-order valence-corrected chi connectivity index (χ0v) is 9.87. The molecule has 16 heavy (non-hydrogen) atoms. The molecule has 0 aliphatic heterocycles. The van der Waals surface area contributed by atoms with Crippen molar-refractivity contribution >= 4 is 11.7 Å². The van der Waals surface area contributed by atoms with Gasteiger partial charge in [0.2, 0.25) is 5.91 Å². The van der Waals surface area contributed by atoms with Crippen LogP contribution in [-0.2, 0) is 9.59 Å². The highest BCUT2D eigenvalue weighted by molar-refractivity contribution is 5.83. The third-order valence-electron chi connectivity index (χ3n) is 3.19. The van der Waals surface area contributed by atoms with Gasteiger partial charge in [-0.05, 0) is 19.8 Å². The maximum absolute atomic E-state index is 11.5. The zero-order valence-electron chi connectivity index (χ0n) is 9.87. The van der Waals surface area contributed by atoms with Crippen molar-refractivity contribution in [1.82, 2.24) is 5.32 Å². The molecular formula is C12H21NO3. The molecule has 1 aliphatic carbocycles. The third kappa shape index (κ3) is 4.31. The largest absolute Gasteiger partial charge is 0.396 e. The van der Waals surface area contributed by atoms with E-state index in [-0.39, 0.29) is 36.7 Å². The van der Waals surface area contributed by atoms with Gasteiger partial charge < -0.3 is 15.2 Å². The Hall–Kier alpha value is -0.900. The molecule has 2 unspecified atom stereocenters. The molecule has 1 aliphatic rings. The fourth-order valence-corrected chi connectivity index (χ4v) is 2.18. The van der Waals surface area contributed by atoms with Crippen LogP contribution in [0.4, 0.5) is 0 Å². The van der Waals surface area contributed by atoms with Gasteiger partial charge in [0.15, 0.2) is 0 Å². The van der Waals surface area contributed by atoms with Crippen LogP contribution in [-0.4, -0.2) is 29.4 Å². The summed E-state index contributed by atoms with van der Waals surface area (Å²) in [6, 6.07) is 0.0956. The van der Waals surface area contributed by atoms with Crippen LogP contribution < -0.4 is 5.32 Å². The highest BCUT2D eigenvalue weighted by atomic mass is 16.3. The van der Waals surface area contributed by atoms with Gasteiger partial charge in [-0.15, -0.1) is 0 Å². The second-order valence-corrected chi connectivity index (χ2v) is 4.60. The van der Waals surface area contributed by atoms with Gasteiger partial charge in [-0.1, -0.05) is 12.8 Å². The summed E-state index contributed by atoms with van der Waals surface area (Å²) < 4.78 is 0. The van der Waals surface area contributed by atoms with Crippen molar-refractivity contribution in [3.05, 3.63) is 0 Å². The number of hydrogen-bond donors (Lipinski definition) is 2. The average molecular weight is 227 g/mol. The number of amides is 1. The number of aliphatic hydroxyl groups is 1. The first-order chi connectivity index (χ1) is 7.63. The van der Waals surface area contributed by atoms with E-state index in [0.717, 1.165) is 25.7 Å². The van der Waals surface area contributed by atoms with Gasteiger partial charge in [0.1, 0.15) is 5.78 Å². The Bertz CT molecular complexity index is 253. The summed E-state index contributed by atoms with van der Waals surface area (Å²) >= 11 is 0. The van der Waals surface area contributed by atoms with Crippen LogP contribution in [0.2, 0.25) is 0 Å². The van der Waals surface area contributed by atoms with Crippen LogP contribution in [0.1, 0.15) is 45.4 Å². The van der Waals surface area contributed by atoms with E-state index in [4.69, 9.17) is 0 Å². The maximum Gasteiger partial charge on any atom is 0.220 e. The molecule has 0 heterocycles. The molecule has 2 atom stereocenters. The maximum atomic E-state index is 11.5. The fourth-order valence-electron chi connectivity index (χ4n) is 2.18. The molecule has 0 bridgehead atoms. The van der Waals surface area contributed by atoms with Gasteiger partial charge in [0, 0.05) is 31.4 Å². The molecule has 0 aromatic carbocycles. The average Bonchev–Trinajstić information content (AvgIpc) is 2.27. The number of hydrogen-bond acceptors (Lipinski definition) is 3. The second kappa shape index (κ2) is 6.63. The SMILES string of the molecule is CC(=O)CCC(=O)NC1CCCCC1CO. The monoisotopic (exact) mass is 227 g/mol. The number of aliphatic hydroxyl groups excluding tert-OH is 1. The lowest BCUT2D eigenvalue weighted by atomic mass is 9.85. The van der Waals surface area contributed by atoms with Crippen LogP contribution in [0.25, 0.3) is 0 Å². The molecule has 92 valence electrons. The van der Waals surface area contributed by atoms with Gasteiger partial charge >= 0.3 is 0 Å². The minimum absolute atomic E-state index is 0.0394. The second-order valence-electron chi connectivity index (χ2n) is 4.60. The lowest BCUT2D eigenvalue weighted by Gasteiger charge is -2.30. The zero-order chi connectivity index (χ0) is 12.0. The molecule has 0 aromatic rings. The lowest BCUT2D eigenvalue weighted by Crippen LogP contribution is -2.43. The Morgan fingerprint density at radius 3 is 2.56 bits per heavy atom. The van der Waals surface area contributed by atoms with Gasteiger partial charge in [-0.25, -0.2) is 0 Å². The molecule has 4 heteroatoms. The van der Waals surface area contributed by atoms with E-state index in [0.29, 0.717) is 6.42 Å². The number of carbonyl (C=O) groups excluding carboxylic acids is 2. The van der Waals surface area contributed by atoms with Gasteiger partial charge in [-0.3, -0.25) is 4.79 Å². The number of Topliss-reactive ketones (excluding diaryl/α,β-unsaturated/α-hetero) is 1. The van der Waals surface area contributed by atoms with Crippen LogP contribution in [0.3, 0.4) is 0 Å². The van der Waals surface area contributed by atoms with Crippen LogP contribution in [0, 0.1) is 5.92 Å². The van der Waals surface area contributed by atoms with Crippen molar-refractivity contribution in [3.8, 4) is 0 Å². The van der Waals surface area contributed by atoms with E-state index in [1.54, 1.807) is 0 Å². The Labute approximate surface area is 96.4 Å². The Kier molecular flexibility index (Phi) is 5.46. The van der Waals surface area contributed by atoms with Crippen molar-refractivity contribution in [1.29, 1.82) is 0 Å². The quantitative estimate of drug-likeness (QED) is 0.737. The topological polar surface area (TPSA) is 66.4 Å². The van der Waals surface area contributed by atoms with Crippen LogP contribution in [0.15, 0.2) is 0 Å². The van der Waals surface area contributed by atoms with Gasteiger partial charge in [0.05, 0.1) is 0 Å². The van der Waals surface area contributed by atoms with Crippen molar-refractivity contribution in [3.63, 3.8) is 0 Å². The molecule has 0 radical (unpaired) electrons. The van der Waals surface area contributed by atoms with Crippen molar-refractivity contribution in [2.75, 3.05) is 6.61 Å². The normalized spacial score (nSPS) is 25.1. The predicted octanol–water partition coefficient (Wildman–Crippen LogP) is 1.02. The smallest absolute Gasteiger partial charge is 0.220 e. The lowest BCUT2D eigenvalue weighted by molar-refractivity contribution is -0.125. The number of rotatable bonds is 5. The molecule has 1 rings (SSSR count). The summed E-state index contributed by atoms with van der Waals surface area (Å²) in [5.74, 6) is 0.160. The molecular weight excluding hydrogens is 206 g/mol. The van der Waals surface area contributed by atoms with Crippen molar-refractivity contribution in [2.45, 2.75) is 51.5 Å². The van der Waals surface area contributed by atoms with Crippen molar-refractivity contribution < 1.29 is 14.7 Å². The van der Waals surface area contributed by atoms with Gasteiger partial charge in [-0.2, -0.15) is 0 Å². The first-order valence-corrected chi connectivity index (χ1v) is 6.03. The van der Waals surface area contributed by atoms with Crippen LogP contribution in [0.5, 0.6) is 0 Å². The minimum atomic E-state index is -0.0689. The fraction of sp³-hybridized carbons (Fsp3) is 0.833. The number of ketones is 1. The third-order valence-corrected chi connectivity index (χ3v) is 3.19. The first-order valence-electron chi connectivity index (χ1n) is 6.03. The molecule has 0 spiro atoms. The van der Waals surface area contributed by atoms with E-state index in [9.17, 15) is 14.7 Å². The number of nitrogens with one attached hydrogen (secondary N) is 1. The van der Waals surface area contributed by atoms with E-state index >= 15 is 0 Å². The van der Waals surface area contributed by atoms with Crippen LogP contribution >= 0.6 is 0 Å². The highest BCUT2D eigenvalue weighted by Gasteiger charge is 2.25. The molecule has 4 nitrogen and oxygen atoms in total. The van der Waals surface area contributed by atoms with E-state index < -0.39 is 0 Å². The molecule has 1 saturated carbocycles. The van der Waals surface area contributed by atoms with E-state index in [1.807, 2.05) is 0 Å². The standard InChI is InChI=1S/C12H21NO3/c1-9(15)6-7-12(16)13-11-5-3-2-4-10(11)8-14/h10-11,14H,2-8H2,1H3,(H,13,16). The minimum Gasteiger partial charge on any atom is -0.396 e. The first kappa shape index (κ1) is 13.2. The molecule has 1 fully saturated rings. The molecule has 1 amide bonds. The Morgan fingerprint density at radius 2 is 1.94 bits per heavy atom. The predicted molar refractivity (Wildman–Crippen MR) is 60.9 cm³/mol. The Balaban J connectivity index is 2.33. The summed E-state index contributed by atoms with van der Waals surface area (Å²) in [6.45, 7) is 1.63. The summed E-state index contributed by atoms with van der Waals surface area (Å²) in [6.07, 6.45) is 4.73.